The maximum Gasteiger partial charge on any atom is 0.356 e. The molecule has 206 valence electrons. The molecule has 0 atom stereocenters. The molecule has 0 bridgehead atoms. The molecule has 12 nitrogen and oxygen atoms in total. The van der Waals surface area contributed by atoms with Crippen LogP contribution in [-0.2, 0) is 23.6 Å². The zero-order chi connectivity index (χ0) is 28.4. The van der Waals surface area contributed by atoms with Gasteiger partial charge in [-0.05, 0) is 54.1 Å². The Balaban J connectivity index is 1.46. The summed E-state index contributed by atoms with van der Waals surface area (Å²) in [4.78, 5) is 23.6. The molecule has 2 heterocycles. The first-order valence-electron chi connectivity index (χ1n) is 11.6. The number of carboxylic acid groups (broad SMARTS) is 1. The third kappa shape index (κ3) is 5.72. The Labute approximate surface area is 227 Å². The Bertz CT molecular complexity index is 1740. The Morgan fingerprint density at radius 1 is 1.07 bits per heavy atom. The van der Waals surface area contributed by atoms with Crippen molar-refractivity contribution in [1.82, 2.24) is 14.5 Å². The van der Waals surface area contributed by atoms with Crippen LogP contribution in [0.3, 0.4) is 0 Å². The second-order valence-electron chi connectivity index (χ2n) is 8.54. The summed E-state index contributed by atoms with van der Waals surface area (Å²) in [6.07, 6.45) is 0. The maximum atomic E-state index is 13.6. The summed E-state index contributed by atoms with van der Waals surface area (Å²) in [7, 11) is -2.85. The predicted molar refractivity (Wildman–Crippen MR) is 138 cm³/mol. The van der Waals surface area contributed by atoms with E-state index in [1.165, 1.54) is 43.4 Å². The van der Waals surface area contributed by atoms with E-state index in [2.05, 4.69) is 15.1 Å². The molecule has 1 amide bonds. The third-order valence-electron chi connectivity index (χ3n) is 5.75. The van der Waals surface area contributed by atoms with Crippen LogP contribution in [0.4, 0.5) is 10.1 Å². The molecule has 0 saturated heterocycles. The SMILES string of the molecule is Cn1nc(C(=O)O)cc1Oc1ccc(NC(=O)c2cccc(F)c2)cc1S(=O)(=O)NCc1ccc2c(c1)OCO2. The lowest BCUT2D eigenvalue weighted by molar-refractivity contribution is 0.0689. The van der Waals surface area contributed by atoms with Crippen molar-refractivity contribution in [3.63, 3.8) is 0 Å². The van der Waals surface area contributed by atoms with Crippen molar-refractivity contribution in [2.75, 3.05) is 12.1 Å². The summed E-state index contributed by atoms with van der Waals surface area (Å²) in [5.74, 6) is -1.75. The smallest absolute Gasteiger partial charge is 0.356 e. The van der Waals surface area contributed by atoms with Crippen molar-refractivity contribution in [2.24, 2.45) is 7.05 Å². The number of hydrogen-bond acceptors (Lipinski definition) is 8. The van der Waals surface area contributed by atoms with Gasteiger partial charge >= 0.3 is 5.97 Å². The van der Waals surface area contributed by atoms with E-state index >= 15 is 0 Å². The van der Waals surface area contributed by atoms with Crippen molar-refractivity contribution in [3.05, 3.63) is 89.4 Å². The van der Waals surface area contributed by atoms with Crippen LogP contribution in [0.5, 0.6) is 23.1 Å². The molecule has 40 heavy (non-hydrogen) atoms. The van der Waals surface area contributed by atoms with Crippen LogP contribution in [0.15, 0.2) is 71.6 Å². The van der Waals surface area contributed by atoms with Crippen LogP contribution in [0.1, 0.15) is 26.4 Å². The fourth-order valence-electron chi connectivity index (χ4n) is 3.78. The minimum atomic E-state index is -4.28. The minimum Gasteiger partial charge on any atom is -0.476 e. The molecule has 1 aromatic heterocycles. The number of aromatic nitrogens is 2. The molecule has 4 aromatic rings. The first kappa shape index (κ1) is 26.6. The summed E-state index contributed by atoms with van der Waals surface area (Å²) < 4.78 is 60.5. The quantitative estimate of drug-likeness (QED) is 0.275. The number of carboxylic acids is 1. The van der Waals surface area contributed by atoms with E-state index in [0.717, 1.165) is 16.8 Å². The highest BCUT2D eigenvalue weighted by molar-refractivity contribution is 7.89. The predicted octanol–water partition coefficient (Wildman–Crippen LogP) is 3.51. The fourth-order valence-corrected chi connectivity index (χ4v) is 4.95. The minimum absolute atomic E-state index is 0.0294. The van der Waals surface area contributed by atoms with E-state index in [1.54, 1.807) is 18.2 Å². The number of anilines is 1. The van der Waals surface area contributed by atoms with Crippen molar-refractivity contribution >= 4 is 27.6 Å². The van der Waals surface area contributed by atoms with Gasteiger partial charge in [-0.15, -0.1) is 0 Å². The van der Waals surface area contributed by atoms with E-state index in [-0.39, 0.29) is 46.8 Å². The van der Waals surface area contributed by atoms with Gasteiger partial charge in [0, 0.05) is 30.9 Å². The van der Waals surface area contributed by atoms with E-state index in [0.29, 0.717) is 17.1 Å². The van der Waals surface area contributed by atoms with Gasteiger partial charge in [0.15, 0.2) is 17.2 Å². The lowest BCUT2D eigenvalue weighted by Gasteiger charge is -2.15. The number of nitrogens with zero attached hydrogens (tertiary/aromatic N) is 2. The van der Waals surface area contributed by atoms with E-state index in [4.69, 9.17) is 14.2 Å². The normalized spacial score (nSPS) is 12.2. The van der Waals surface area contributed by atoms with Gasteiger partial charge in [-0.25, -0.2) is 27.0 Å². The summed E-state index contributed by atoms with van der Waals surface area (Å²) in [6.45, 7) is -0.0515. The number of amides is 1. The highest BCUT2D eigenvalue weighted by Gasteiger charge is 2.24. The zero-order valence-electron chi connectivity index (χ0n) is 20.8. The molecule has 0 fully saturated rings. The standard InChI is InChI=1S/C26H21FN4O8S/c1-31-24(12-19(30-31)26(33)34)39-21-8-6-18(29-25(32)16-3-2-4-17(27)10-16)11-23(21)40(35,36)28-13-15-5-7-20-22(9-15)38-14-37-20/h2-12,28H,13-14H2,1H3,(H,29,32)(H,33,34). The molecule has 1 aliphatic heterocycles. The lowest BCUT2D eigenvalue weighted by Crippen LogP contribution is -2.24. The third-order valence-corrected chi connectivity index (χ3v) is 7.17. The van der Waals surface area contributed by atoms with E-state index < -0.39 is 27.7 Å². The van der Waals surface area contributed by atoms with Crippen LogP contribution in [0, 0.1) is 5.82 Å². The van der Waals surface area contributed by atoms with Gasteiger partial charge < -0.3 is 24.6 Å². The van der Waals surface area contributed by atoms with Crippen molar-refractivity contribution < 1.29 is 41.7 Å². The van der Waals surface area contributed by atoms with Crippen LogP contribution in [0.25, 0.3) is 0 Å². The van der Waals surface area contributed by atoms with Gasteiger partial charge in [-0.3, -0.25) is 4.79 Å². The maximum absolute atomic E-state index is 13.6. The Kier molecular flexibility index (Phi) is 7.11. The van der Waals surface area contributed by atoms with E-state index in [1.807, 2.05) is 0 Å². The topological polar surface area (TPSA) is 158 Å². The number of nitrogens with one attached hydrogen (secondary N) is 2. The first-order valence-corrected chi connectivity index (χ1v) is 13.1. The zero-order valence-corrected chi connectivity index (χ0v) is 21.6. The summed E-state index contributed by atoms with van der Waals surface area (Å²) in [5.41, 5.74) is 0.397. The number of ether oxygens (including phenoxy) is 3. The molecule has 0 radical (unpaired) electrons. The average Bonchev–Trinajstić information content (AvgIpc) is 3.54. The number of benzene rings is 3. The molecule has 0 spiro atoms. The molecule has 14 heteroatoms. The van der Waals surface area contributed by atoms with Crippen molar-refractivity contribution in [2.45, 2.75) is 11.4 Å². The van der Waals surface area contributed by atoms with Gasteiger partial charge in [-0.2, -0.15) is 5.10 Å². The summed E-state index contributed by atoms with van der Waals surface area (Å²) in [5, 5.41) is 15.6. The molecular weight excluding hydrogens is 547 g/mol. The Morgan fingerprint density at radius 3 is 2.62 bits per heavy atom. The van der Waals surface area contributed by atoms with E-state index in [9.17, 15) is 27.5 Å². The molecule has 3 aromatic carbocycles. The number of sulfonamides is 1. The van der Waals surface area contributed by atoms with Crippen LogP contribution >= 0.6 is 0 Å². The van der Waals surface area contributed by atoms with Crippen LogP contribution in [0.2, 0.25) is 0 Å². The number of fused-ring (bicyclic) bond motifs is 1. The number of carbonyl (C=O) groups excluding carboxylic acids is 1. The number of aryl methyl sites for hydroxylation is 1. The fraction of sp³-hybridized carbons (Fsp3) is 0.115. The molecule has 1 aliphatic rings. The number of halogens is 1. The highest BCUT2D eigenvalue weighted by atomic mass is 32.2. The van der Waals surface area contributed by atoms with Crippen molar-refractivity contribution in [3.8, 4) is 23.1 Å². The molecular formula is C26H21FN4O8S. The van der Waals surface area contributed by atoms with Gasteiger partial charge in [0.25, 0.3) is 5.91 Å². The van der Waals surface area contributed by atoms with Gasteiger partial charge in [0.2, 0.25) is 22.7 Å². The molecule has 0 unspecified atom stereocenters. The molecule has 0 saturated carbocycles. The number of hydrogen-bond donors (Lipinski definition) is 3. The molecule has 5 rings (SSSR count). The number of rotatable bonds is 9. The first-order chi connectivity index (χ1) is 19.1. The van der Waals surface area contributed by atoms with Gasteiger partial charge in [-0.1, -0.05) is 12.1 Å². The summed E-state index contributed by atoms with van der Waals surface area (Å²) in [6, 6.07) is 15.0. The number of carbonyl (C=O) groups is 2. The van der Waals surface area contributed by atoms with Gasteiger partial charge in [0.05, 0.1) is 0 Å². The Morgan fingerprint density at radius 2 is 1.88 bits per heavy atom. The average molecular weight is 569 g/mol. The van der Waals surface area contributed by atoms with Crippen LogP contribution < -0.4 is 24.2 Å². The monoisotopic (exact) mass is 568 g/mol. The molecule has 0 aliphatic carbocycles. The van der Waals surface area contributed by atoms with Crippen molar-refractivity contribution in [1.29, 1.82) is 0 Å². The molecule has 3 N–H and O–H groups in total. The lowest BCUT2D eigenvalue weighted by atomic mass is 10.2. The number of aromatic carboxylic acids is 1. The largest absolute Gasteiger partial charge is 0.476 e. The Hall–Kier alpha value is -4.95. The van der Waals surface area contributed by atoms with Gasteiger partial charge in [0.1, 0.15) is 16.5 Å². The van der Waals surface area contributed by atoms with Crippen LogP contribution in [-0.4, -0.2) is 42.0 Å². The summed E-state index contributed by atoms with van der Waals surface area (Å²) >= 11 is 0. The second kappa shape index (κ2) is 10.7. The highest BCUT2D eigenvalue weighted by Crippen LogP contribution is 2.34. The second-order valence-corrected chi connectivity index (χ2v) is 10.3.